The number of aromatic nitrogens is 2. The van der Waals surface area contributed by atoms with Crippen LogP contribution in [-0.4, -0.2) is 45.3 Å². The fraction of sp³-hybridized carbons (Fsp3) is 0.276. The summed E-state index contributed by atoms with van der Waals surface area (Å²) in [4.78, 5) is 34.8. The minimum absolute atomic E-state index is 0.138. The van der Waals surface area contributed by atoms with Gasteiger partial charge in [-0.2, -0.15) is 0 Å². The highest BCUT2D eigenvalue weighted by Gasteiger charge is 2.37. The Kier molecular flexibility index (Phi) is 6.30. The summed E-state index contributed by atoms with van der Waals surface area (Å²) in [5.74, 6) is 5.90. The molecule has 8 heteroatoms. The smallest absolute Gasteiger partial charge is 0.255 e. The second-order valence-corrected chi connectivity index (χ2v) is 9.51. The number of aromatic amines is 1. The number of carbonyl (C=O) groups excluding carboxylic acids is 2. The molecule has 7 nitrogen and oxygen atoms in total. The zero-order valence-corrected chi connectivity index (χ0v) is 20.9. The van der Waals surface area contributed by atoms with Crippen LogP contribution in [0.4, 0.5) is 15.8 Å². The molecular formula is C29H28FN5O2. The molecule has 1 fully saturated rings. The molecule has 2 aromatic heterocycles. The van der Waals surface area contributed by atoms with Crippen molar-refractivity contribution in [3.63, 3.8) is 0 Å². The van der Waals surface area contributed by atoms with E-state index in [-0.39, 0.29) is 17.6 Å². The van der Waals surface area contributed by atoms with Crippen LogP contribution >= 0.6 is 0 Å². The zero-order valence-electron chi connectivity index (χ0n) is 20.9. The summed E-state index contributed by atoms with van der Waals surface area (Å²) >= 11 is 0. The van der Waals surface area contributed by atoms with Crippen LogP contribution in [0.2, 0.25) is 0 Å². The number of benzene rings is 1. The van der Waals surface area contributed by atoms with Crippen molar-refractivity contribution in [3.05, 3.63) is 77.5 Å². The number of anilines is 2. The number of pyridine rings is 1. The summed E-state index contributed by atoms with van der Waals surface area (Å²) < 4.78 is 14.3. The number of nitrogens with zero attached hydrogens (tertiary/aromatic N) is 2. The molecule has 0 unspecified atom stereocenters. The number of nitrogens with one attached hydrogen (secondary N) is 3. The molecule has 2 aliphatic heterocycles. The van der Waals surface area contributed by atoms with Crippen LogP contribution in [0.1, 0.15) is 46.9 Å². The summed E-state index contributed by atoms with van der Waals surface area (Å²) in [6, 6.07) is 6.65. The third-order valence-corrected chi connectivity index (χ3v) is 7.13. The zero-order chi connectivity index (χ0) is 26.2. The van der Waals surface area contributed by atoms with Gasteiger partial charge < -0.3 is 20.5 Å². The molecule has 3 N–H and O–H groups in total. The molecule has 0 aliphatic carbocycles. The number of fused-ring (bicyclic) bond motifs is 1. The van der Waals surface area contributed by atoms with Gasteiger partial charge in [0.05, 0.1) is 22.5 Å². The molecule has 1 aromatic carbocycles. The minimum Gasteiger partial charge on any atom is -0.356 e. The maximum absolute atomic E-state index is 14.3. The summed E-state index contributed by atoms with van der Waals surface area (Å²) in [5, 5.41) is 6.21. The number of likely N-dealkylation sites (tertiary alicyclic amines) is 1. The molecule has 188 valence electrons. The van der Waals surface area contributed by atoms with E-state index in [9.17, 15) is 14.0 Å². The van der Waals surface area contributed by atoms with Gasteiger partial charge in [0.1, 0.15) is 11.4 Å². The van der Waals surface area contributed by atoms with Crippen LogP contribution < -0.4 is 10.6 Å². The monoisotopic (exact) mass is 497 g/mol. The summed E-state index contributed by atoms with van der Waals surface area (Å²) in [6.07, 6.45) is 6.93. The van der Waals surface area contributed by atoms with Gasteiger partial charge in [0.15, 0.2) is 0 Å². The largest absolute Gasteiger partial charge is 0.356 e. The van der Waals surface area contributed by atoms with Crippen molar-refractivity contribution >= 4 is 23.2 Å². The topological polar surface area (TPSA) is 90.1 Å². The van der Waals surface area contributed by atoms with Crippen LogP contribution in [0.5, 0.6) is 0 Å². The summed E-state index contributed by atoms with van der Waals surface area (Å²) in [6.45, 7) is 8.43. The van der Waals surface area contributed by atoms with Gasteiger partial charge in [-0.1, -0.05) is 24.5 Å². The van der Waals surface area contributed by atoms with Gasteiger partial charge in [0.2, 0.25) is 5.91 Å². The Morgan fingerprint density at radius 1 is 1.35 bits per heavy atom. The Morgan fingerprint density at radius 2 is 2.19 bits per heavy atom. The lowest BCUT2D eigenvalue weighted by Crippen LogP contribution is -2.43. The maximum Gasteiger partial charge on any atom is 0.255 e. The van der Waals surface area contributed by atoms with Crippen LogP contribution in [0.15, 0.2) is 49.3 Å². The molecule has 5 rings (SSSR count). The average Bonchev–Trinajstić information content (AvgIpc) is 3.47. The number of hydrogen-bond donors (Lipinski definition) is 3. The van der Waals surface area contributed by atoms with Crippen molar-refractivity contribution in [1.82, 2.24) is 20.2 Å². The lowest BCUT2D eigenvalue weighted by atomic mass is 9.97. The van der Waals surface area contributed by atoms with E-state index in [2.05, 4.69) is 39.0 Å². The Hall–Kier alpha value is -4.38. The molecule has 0 saturated carbocycles. The van der Waals surface area contributed by atoms with E-state index >= 15 is 0 Å². The molecule has 37 heavy (non-hydrogen) atoms. The van der Waals surface area contributed by atoms with Crippen LogP contribution in [0, 0.1) is 24.6 Å². The second kappa shape index (κ2) is 9.58. The molecule has 0 spiro atoms. The van der Waals surface area contributed by atoms with Crippen molar-refractivity contribution < 1.29 is 14.0 Å². The van der Waals surface area contributed by atoms with Crippen molar-refractivity contribution in [3.8, 4) is 23.1 Å². The van der Waals surface area contributed by atoms with E-state index in [1.165, 1.54) is 12.1 Å². The summed E-state index contributed by atoms with van der Waals surface area (Å²) in [7, 11) is 0. The van der Waals surface area contributed by atoms with Crippen molar-refractivity contribution in [1.29, 1.82) is 0 Å². The first-order valence-electron chi connectivity index (χ1n) is 12.3. The maximum atomic E-state index is 14.3. The number of amides is 2. The van der Waals surface area contributed by atoms with Gasteiger partial charge in [-0.3, -0.25) is 14.6 Å². The van der Waals surface area contributed by atoms with E-state index < -0.39 is 5.54 Å². The molecule has 3 aromatic rings. The van der Waals surface area contributed by atoms with Gasteiger partial charge in [0.25, 0.3) is 5.91 Å². The highest BCUT2D eigenvalue weighted by atomic mass is 19.1. The Labute approximate surface area is 215 Å². The SMILES string of the molecule is C=CC(=O)N1CCC[C@]1(C)C#Cc1cnccc1-c1[nH]c2c(c1Nc1cccc(F)c1C)C(=O)NCC2. The van der Waals surface area contributed by atoms with E-state index in [1.54, 1.807) is 36.4 Å². The molecule has 2 amide bonds. The normalized spacial score (nSPS) is 18.5. The van der Waals surface area contributed by atoms with Gasteiger partial charge >= 0.3 is 0 Å². The van der Waals surface area contributed by atoms with Crippen LogP contribution in [0.3, 0.4) is 0 Å². The lowest BCUT2D eigenvalue weighted by Gasteiger charge is -2.29. The van der Waals surface area contributed by atoms with E-state index in [4.69, 9.17) is 0 Å². The summed E-state index contributed by atoms with van der Waals surface area (Å²) in [5.41, 5.74) is 4.36. The van der Waals surface area contributed by atoms with Crippen molar-refractivity contribution in [2.45, 2.75) is 38.6 Å². The number of hydrogen-bond acceptors (Lipinski definition) is 4. The Balaban J connectivity index is 1.62. The van der Waals surface area contributed by atoms with Gasteiger partial charge in [-0.15, -0.1) is 0 Å². The first-order chi connectivity index (χ1) is 17.8. The fourth-order valence-corrected chi connectivity index (χ4v) is 5.05. The standard InChI is InChI=1S/C29H28FN5O2/c1-4-24(36)35-16-6-12-29(35,3)13-9-19-17-31-14-10-20(19)26-27(25-23(34-26)11-15-32-28(25)37)33-22-8-5-7-21(30)18(22)2/h4-5,7-8,10,14,17,33-34H,1,6,11-12,15-16H2,2-3H3,(H,32,37)/t29-/m1/s1. The average molecular weight is 498 g/mol. The fourth-order valence-electron chi connectivity index (χ4n) is 5.05. The number of H-pyrrole nitrogens is 1. The van der Waals surface area contributed by atoms with Gasteiger partial charge in [0, 0.05) is 54.4 Å². The molecule has 0 bridgehead atoms. The van der Waals surface area contributed by atoms with Crippen LogP contribution in [0.25, 0.3) is 11.3 Å². The number of halogens is 1. The predicted octanol–water partition coefficient (Wildman–Crippen LogP) is 4.47. The van der Waals surface area contributed by atoms with Crippen molar-refractivity contribution in [2.75, 3.05) is 18.4 Å². The third-order valence-electron chi connectivity index (χ3n) is 7.13. The van der Waals surface area contributed by atoms with Crippen molar-refractivity contribution in [2.24, 2.45) is 0 Å². The third kappa shape index (κ3) is 4.38. The van der Waals surface area contributed by atoms with Gasteiger partial charge in [-0.05, 0) is 51.0 Å². The molecule has 4 heterocycles. The highest BCUT2D eigenvalue weighted by Crippen LogP contribution is 2.39. The minimum atomic E-state index is -0.618. The number of carbonyl (C=O) groups is 2. The van der Waals surface area contributed by atoms with Crippen LogP contribution in [-0.2, 0) is 11.2 Å². The Bertz CT molecular complexity index is 1480. The Morgan fingerprint density at radius 3 is 3.00 bits per heavy atom. The number of rotatable bonds is 4. The lowest BCUT2D eigenvalue weighted by molar-refractivity contribution is -0.127. The molecule has 0 radical (unpaired) electrons. The predicted molar refractivity (Wildman–Crippen MR) is 141 cm³/mol. The molecular weight excluding hydrogens is 469 g/mol. The van der Waals surface area contributed by atoms with E-state index in [0.29, 0.717) is 53.3 Å². The quantitative estimate of drug-likeness (QED) is 0.366. The first-order valence-corrected chi connectivity index (χ1v) is 12.3. The van der Waals surface area contributed by atoms with E-state index in [1.807, 2.05) is 13.0 Å². The highest BCUT2D eigenvalue weighted by molar-refractivity contribution is 6.06. The molecule has 1 saturated heterocycles. The second-order valence-electron chi connectivity index (χ2n) is 9.51. The van der Waals surface area contributed by atoms with Gasteiger partial charge in [-0.25, -0.2) is 4.39 Å². The van der Waals surface area contributed by atoms with E-state index in [0.717, 1.165) is 24.1 Å². The molecule has 2 aliphatic rings. The molecule has 1 atom stereocenters. The first kappa shape index (κ1) is 24.3.